The van der Waals surface area contributed by atoms with Crippen LogP contribution in [0.3, 0.4) is 0 Å². The van der Waals surface area contributed by atoms with E-state index in [-0.39, 0.29) is 5.88 Å². The zero-order valence-corrected chi connectivity index (χ0v) is 12.3. The molecular weight excluding hydrogens is 290 g/mol. The Hall–Kier alpha value is -1.27. The Morgan fingerprint density at radius 2 is 2.11 bits per heavy atom. The molecule has 7 heteroatoms. The van der Waals surface area contributed by atoms with Gasteiger partial charge in [0, 0.05) is 17.5 Å². The summed E-state index contributed by atoms with van der Waals surface area (Å²) >= 11 is 5.79. The third kappa shape index (κ3) is 5.48. The van der Waals surface area contributed by atoms with Gasteiger partial charge in [-0.15, -0.1) is 11.6 Å². The minimum atomic E-state index is -3.34. The average molecular weight is 306 g/mol. The predicted octanol–water partition coefficient (Wildman–Crippen LogP) is 1.81. The lowest BCUT2D eigenvalue weighted by atomic mass is 10.2. The second-order valence-corrected chi connectivity index (χ2v) is 6.41. The van der Waals surface area contributed by atoms with Crippen molar-refractivity contribution in [3.63, 3.8) is 0 Å². The van der Waals surface area contributed by atoms with Crippen LogP contribution in [-0.4, -0.2) is 32.9 Å². The third-order valence-corrected chi connectivity index (χ3v) is 3.26. The van der Waals surface area contributed by atoms with Gasteiger partial charge < -0.3 is 10.1 Å². The lowest BCUT2D eigenvalue weighted by Crippen LogP contribution is -2.21. The Kier molecular flexibility index (Phi) is 5.62. The minimum absolute atomic E-state index is 0.241. The number of carbonyl (C=O) groups is 1. The molecule has 0 bridgehead atoms. The van der Waals surface area contributed by atoms with Gasteiger partial charge in [0.2, 0.25) is 5.91 Å². The lowest BCUT2D eigenvalue weighted by Gasteiger charge is -2.11. The van der Waals surface area contributed by atoms with Crippen molar-refractivity contribution in [3.05, 3.63) is 23.8 Å². The molecule has 0 aliphatic carbocycles. The Morgan fingerprint density at radius 3 is 2.63 bits per heavy atom. The molecule has 0 saturated carbocycles. The van der Waals surface area contributed by atoms with Crippen LogP contribution in [-0.2, 0) is 20.5 Å². The number of halogens is 1. The largest absolute Gasteiger partial charge is 0.494 e. The Balaban J connectivity index is 2.82. The highest BCUT2D eigenvalue weighted by Gasteiger charge is 2.12. The van der Waals surface area contributed by atoms with Gasteiger partial charge in [-0.3, -0.25) is 4.79 Å². The number of sulfone groups is 1. The molecule has 0 atom stereocenters. The fourth-order valence-corrected chi connectivity index (χ4v) is 2.25. The van der Waals surface area contributed by atoms with E-state index in [1.165, 1.54) is 0 Å². The molecule has 0 aliphatic rings. The van der Waals surface area contributed by atoms with Crippen molar-refractivity contribution >= 4 is 33.0 Å². The molecule has 0 saturated heterocycles. The summed E-state index contributed by atoms with van der Waals surface area (Å²) in [5.74, 6) is -0.229. The number of carbonyl (C=O) groups excluding carboxylic acids is 1. The Bertz CT molecular complexity index is 557. The molecule has 19 heavy (non-hydrogen) atoms. The van der Waals surface area contributed by atoms with E-state index in [1.807, 2.05) is 6.92 Å². The van der Waals surface area contributed by atoms with Gasteiger partial charge in [-0.2, -0.15) is 0 Å². The quantitative estimate of drug-likeness (QED) is 0.814. The maximum atomic E-state index is 11.5. The van der Waals surface area contributed by atoms with Gasteiger partial charge in [0.1, 0.15) is 11.5 Å². The smallest absolute Gasteiger partial charge is 0.239 e. The van der Waals surface area contributed by atoms with Crippen LogP contribution >= 0.6 is 11.6 Å². The number of hydrogen-bond donors (Lipinski definition) is 1. The fourth-order valence-electron chi connectivity index (χ4n) is 1.49. The van der Waals surface area contributed by atoms with E-state index in [2.05, 4.69) is 5.32 Å². The highest BCUT2D eigenvalue weighted by Crippen LogP contribution is 2.24. The molecule has 0 radical (unpaired) electrons. The van der Waals surface area contributed by atoms with E-state index >= 15 is 0 Å². The summed E-state index contributed by atoms with van der Waals surface area (Å²) in [4.78, 5) is 11.5. The zero-order chi connectivity index (χ0) is 14.5. The number of hydrogen-bond acceptors (Lipinski definition) is 4. The third-order valence-electron chi connectivity index (χ3n) is 2.18. The standard InChI is InChI=1S/C12H16ClNO4S/c1-3-18-11-5-4-10(6-9(11)7-13)14-12(15)8-19(2,16)17/h4-6H,3,7-8H2,1-2H3,(H,14,15). The average Bonchev–Trinajstić information content (AvgIpc) is 2.28. The van der Waals surface area contributed by atoms with Crippen LogP contribution < -0.4 is 10.1 Å². The first kappa shape index (κ1) is 15.8. The van der Waals surface area contributed by atoms with Crippen LogP contribution in [0.2, 0.25) is 0 Å². The van der Waals surface area contributed by atoms with E-state index in [0.717, 1.165) is 11.8 Å². The Labute approximate surface area is 117 Å². The van der Waals surface area contributed by atoms with Gasteiger partial charge in [0.05, 0.1) is 12.5 Å². The first-order valence-corrected chi connectivity index (χ1v) is 8.24. The minimum Gasteiger partial charge on any atom is -0.494 e. The monoisotopic (exact) mass is 305 g/mol. The first-order chi connectivity index (χ1) is 8.85. The van der Waals surface area contributed by atoms with Crippen LogP contribution in [0.1, 0.15) is 12.5 Å². The topological polar surface area (TPSA) is 72.5 Å². The van der Waals surface area contributed by atoms with Crippen molar-refractivity contribution in [1.29, 1.82) is 0 Å². The van der Waals surface area contributed by atoms with Crippen molar-refractivity contribution in [3.8, 4) is 5.75 Å². The van der Waals surface area contributed by atoms with Crippen molar-refractivity contribution in [2.45, 2.75) is 12.8 Å². The summed E-state index contributed by atoms with van der Waals surface area (Å²) in [6, 6.07) is 5.00. The number of anilines is 1. The molecule has 1 aromatic rings. The SMILES string of the molecule is CCOc1ccc(NC(=O)CS(C)(=O)=O)cc1CCl. The van der Waals surface area contributed by atoms with Crippen LogP contribution in [0.5, 0.6) is 5.75 Å². The molecule has 1 amide bonds. The number of benzene rings is 1. The van der Waals surface area contributed by atoms with Gasteiger partial charge in [0.25, 0.3) is 0 Å². The van der Waals surface area contributed by atoms with E-state index in [0.29, 0.717) is 18.0 Å². The summed E-state index contributed by atoms with van der Waals surface area (Å²) < 4.78 is 27.4. The summed E-state index contributed by atoms with van der Waals surface area (Å²) in [5.41, 5.74) is 1.23. The number of ether oxygens (including phenoxy) is 1. The van der Waals surface area contributed by atoms with Gasteiger partial charge in [0.15, 0.2) is 9.84 Å². The molecule has 0 aliphatic heterocycles. The first-order valence-electron chi connectivity index (χ1n) is 5.65. The van der Waals surface area contributed by atoms with Gasteiger partial charge in [-0.1, -0.05) is 0 Å². The summed E-state index contributed by atoms with van der Waals surface area (Å²) in [5, 5.41) is 2.51. The van der Waals surface area contributed by atoms with Crippen LogP contribution in [0, 0.1) is 0 Å². The molecule has 0 fully saturated rings. The molecule has 1 rings (SSSR count). The number of alkyl halides is 1. The normalized spacial score (nSPS) is 11.1. The number of nitrogens with one attached hydrogen (secondary N) is 1. The summed E-state index contributed by atoms with van der Waals surface area (Å²) in [6.45, 7) is 2.38. The highest BCUT2D eigenvalue weighted by atomic mass is 35.5. The molecule has 0 spiro atoms. The maximum absolute atomic E-state index is 11.5. The number of rotatable bonds is 6. The molecule has 5 nitrogen and oxygen atoms in total. The zero-order valence-electron chi connectivity index (χ0n) is 10.8. The molecule has 106 valence electrons. The summed E-state index contributed by atoms with van der Waals surface area (Å²) in [7, 11) is -3.34. The molecule has 1 N–H and O–H groups in total. The van der Waals surface area contributed by atoms with E-state index in [9.17, 15) is 13.2 Å². The fraction of sp³-hybridized carbons (Fsp3) is 0.417. The van der Waals surface area contributed by atoms with Crippen LogP contribution in [0.25, 0.3) is 0 Å². The number of amides is 1. The van der Waals surface area contributed by atoms with Gasteiger partial charge >= 0.3 is 0 Å². The molecule has 0 aromatic heterocycles. The van der Waals surface area contributed by atoms with Crippen LogP contribution in [0.4, 0.5) is 5.69 Å². The highest BCUT2D eigenvalue weighted by molar-refractivity contribution is 7.91. The van der Waals surface area contributed by atoms with Crippen molar-refractivity contribution in [2.75, 3.05) is 23.9 Å². The summed E-state index contributed by atoms with van der Waals surface area (Å²) in [6.07, 6.45) is 1.01. The molecule has 0 heterocycles. The van der Waals surface area contributed by atoms with Gasteiger partial charge in [-0.25, -0.2) is 8.42 Å². The lowest BCUT2D eigenvalue weighted by molar-refractivity contribution is -0.113. The van der Waals surface area contributed by atoms with E-state index in [4.69, 9.17) is 16.3 Å². The van der Waals surface area contributed by atoms with E-state index in [1.54, 1.807) is 18.2 Å². The van der Waals surface area contributed by atoms with Crippen molar-refractivity contribution in [2.24, 2.45) is 0 Å². The molecule has 0 unspecified atom stereocenters. The van der Waals surface area contributed by atoms with Crippen LogP contribution in [0.15, 0.2) is 18.2 Å². The molecular formula is C12H16ClNO4S. The van der Waals surface area contributed by atoms with Gasteiger partial charge in [-0.05, 0) is 25.1 Å². The maximum Gasteiger partial charge on any atom is 0.239 e. The Morgan fingerprint density at radius 1 is 1.42 bits per heavy atom. The predicted molar refractivity (Wildman–Crippen MR) is 75.5 cm³/mol. The second-order valence-electron chi connectivity index (χ2n) is 4.01. The van der Waals surface area contributed by atoms with Crippen molar-refractivity contribution in [1.82, 2.24) is 0 Å². The van der Waals surface area contributed by atoms with E-state index < -0.39 is 21.5 Å². The second kappa shape index (κ2) is 6.77. The molecule has 1 aromatic carbocycles. The van der Waals surface area contributed by atoms with Crippen molar-refractivity contribution < 1.29 is 17.9 Å².